The van der Waals surface area contributed by atoms with E-state index in [0.29, 0.717) is 11.3 Å². The molecule has 0 saturated carbocycles. The Balaban J connectivity index is 0. The van der Waals surface area contributed by atoms with Gasteiger partial charge in [0.05, 0.1) is 0 Å². The molecule has 1 unspecified atom stereocenters. The summed E-state index contributed by atoms with van der Waals surface area (Å²) in [6.45, 7) is 22.3. The van der Waals surface area contributed by atoms with Crippen LogP contribution in [0.2, 0.25) is 0 Å². The Labute approximate surface area is 162 Å². The SMILES string of the molecule is CC1=CC(C(C)(C)C)[C-](C(C)(C)C)C=C1.C[C-](C)C.[Cl][V]([Cl])[Cl]. The number of hydrogen-bond donors (Lipinski definition) is 0. The van der Waals surface area contributed by atoms with E-state index < -0.39 is 12.3 Å². The van der Waals surface area contributed by atoms with Crippen molar-refractivity contribution in [3.63, 3.8) is 0 Å². The average molecular weight is 420 g/mol. The van der Waals surface area contributed by atoms with Gasteiger partial charge in [-0.1, -0.05) is 59.8 Å². The van der Waals surface area contributed by atoms with E-state index in [9.17, 15) is 0 Å². The molecule has 4 heteroatoms. The Morgan fingerprint density at radius 1 is 1.00 bits per heavy atom. The van der Waals surface area contributed by atoms with Crippen molar-refractivity contribution in [3.05, 3.63) is 35.6 Å². The third-order valence-corrected chi connectivity index (χ3v) is 3.09. The Bertz CT molecular complexity index is 360. The summed E-state index contributed by atoms with van der Waals surface area (Å²) in [6, 6.07) is 0. The summed E-state index contributed by atoms with van der Waals surface area (Å²) in [5.74, 6) is 3.54. The third kappa shape index (κ3) is 14.8. The van der Waals surface area contributed by atoms with Crippen LogP contribution in [-0.2, 0) is 12.3 Å². The summed E-state index contributed by atoms with van der Waals surface area (Å²) in [7, 11) is 14.9. The van der Waals surface area contributed by atoms with Gasteiger partial charge < -0.3 is 5.92 Å². The third-order valence-electron chi connectivity index (χ3n) is 3.09. The van der Waals surface area contributed by atoms with Crippen LogP contribution in [0.1, 0.15) is 69.2 Å². The van der Waals surface area contributed by atoms with Crippen LogP contribution in [0.15, 0.2) is 23.8 Å². The summed E-state index contributed by atoms with van der Waals surface area (Å²) >= 11 is -1.77. The van der Waals surface area contributed by atoms with Crippen LogP contribution in [0.3, 0.4) is 0 Å². The summed E-state index contributed by atoms with van der Waals surface area (Å²) in [4.78, 5) is 0. The van der Waals surface area contributed by atoms with Crippen molar-refractivity contribution in [3.8, 4) is 0 Å². The van der Waals surface area contributed by atoms with E-state index in [1.807, 2.05) is 0 Å². The van der Waals surface area contributed by atoms with Gasteiger partial charge in [0, 0.05) is 0 Å². The molecule has 23 heavy (non-hydrogen) atoms. The molecule has 0 fully saturated rings. The predicted octanol–water partition coefficient (Wildman–Crippen LogP) is 8.47. The molecule has 0 aromatic rings. The Morgan fingerprint density at radius 3 is 1.61 bits per heavy atom. The normalized spacial score (nSPS) is 18.1. The summed E-state index contributed by atoms with van der Waals surface area (Å²) in [5.41, 5.74) is 1.98. The first kappa shape index (κ1) is 26.0. The first-order valence-electron chi connectivity index (χ1n) is 7.87. The van der Waals surface area contributed by atoms with E-state index in [1.54, 1.807) is 5.92 Å². The van der Waals surface area contributed by atoms with Crippen LogP contribution in [0.25, 0.3) is 0 Å². The van der Waals surface area contributed by atoms with E-state index in [-0.39, 0.29) is 5.41 Å². The molecule has 138 valence electrons. The maximum absolute atomic E-state index is 4.95. The van der Waals surface area contributed by atoms with Crippen molar-refractivity contribution >= 4 is 29.5 Å². The molecule has 1 aliphatic carbocycles. The van der Waals surface area contributed by atoms with Crippen LogP contribution in [0, 0.1) is 28.6 Å². The Kier molecular flexibility index (Phi) is 12.9. The molecule has 0 radical (unpaired) electrons. The average Bonchev–Trinajstić information content (AvgIpc) is 2.24. The molecule has 1 atom stereocenters. The Morgan fingerprint density at radius 2 is 1.35 bits per heavy atom. The molecule has 0 bridgehead atoms. The van der Waals surface area contributed by atoms with Crippen molar-refractivity contribution in [2.24, 2.45) is 16.7 Å². The minimum absolute atomic E-state index is 0.269. The molecule has 0 amide bonds. The summed E-state index contributed by atoms with van der Waals surface area (Å²) in [5, 5.41) is 0. The first-order valence-corrected chi connectivity index (χ1v) is 13.6. The summed E-state index contributed by atoms with van der Waals surface area (Å²) in [6.07, 6.45) is 6.98. The van der Waals surface area contributed by atoms with Crippen molar-refractivity contribution in [2.75, 3.05) is 0 Å². The van der Waals surface area contributed by atoms with E-state index in [2.05, 4.69) is 87.5 Å². The monoisotopic (exact) mass is 418 g/mol. The number of halogens is 3. The van der Waals surface area contributed by atoms with Crippen molar-refractivity contribution in [1.29, 1.82) is 0 Å². The van der Waals surface area contributed by atoms with Crippen molar-refractivity contribution < 1.29 is 12.3 Å². The molecular weight excluding hydrogens is 386 g/mol. The number of hydrogen-bond acceptors (Lipinski definition) is 0. The molecular formula is C19H34Cl3V-2. The minimum atomic E-state index is -1.77. The fraction of sp³-hybridized carbons (Fsp3) is 0.684. The van der Waals surface area contributed by atoms with Gasteiger partial charge in [0.25, 0.3) is 0 Å². The second kappa shape index (κ2) is 11.4. The van der Waals surface area contributed by atoms with Gasteiger partial charge >= 0.3 is 41.8 Å². The molecule has 0 N–H and O–H groups in total. The molecule has 0 aliphatic heterocycles. The molecule has 0 nitrogen and oxygen atoms in total. The van der Waals surface area contributed by atoms with Crippen molar-refractivity contribution in [1.82, 2.24) is 0 Å². The second-order valence-corrected chi connectivity index (χ2v) is 15.4. The van der Waals surface area contributed by atoms with Gasteiger partial charge in [-0.05, 0) is 5.41 Å². The zero-order valence-corrected chi connectivity index (χ0v) is 20.1. The van der Waals surface area contributed by atoms with Gasteiger partial charge in [-0.3, -0.25) is 0 Å². The van der Waals surface area contributed by atoms with E-state index in [0.717, 1.165) is 0 Å². The van der Waals surface area contributed by atoms with Gasteiger partial charge in [-0.2, -0.15) is 20.8 Å². The number of allylic oxidation sites excluding steroid dienone is 4. The van der Waals surface area contributed by atoms with Crippen LogP contribution in [0.5, 0.6) is 0 Å². The van der Waals surface area contributed by atoms with Crippen molar-refractivity contribution in [2.45, 2.75) is 69.2 Å². The fourth-order valence-electron chi connectivity index (χ4n) is 2.17. The van der Waals surface area contributed by atoms with Gasteiger partial charge in [-0.25, -0.2) is 18.1 Å². The van der Waals surface area contributed by atoms with Crippen LogP contribution in [0.4, 0.5) is 0 Å². The van der Waals surface area contributed by atoms with Crippen LogP contribution >= 0.6 is 29.5 Å². The number of rotatable bonds is 0. The van der Waals surface area contributed by atoms with Gasteiger partial charge in [-0.15, -0.1) is 11.6 Å². The molecule has 1 rings (SSSR count). The zero-order valence-electron chi connectivity index (χ0n) is 16.4. The van der Waals surface area contributed by atoms with Crippen LogP contribution < -0.4 is 0 Å². The molecule has 0 aromatic carbocycles. The predicted molar refractivity (Wildman–Crippen MR) is 106 cm³/mol. The molecule has 0 spiro atoms. The fourth-order valence-corrected chi connectivity index (χ4v) is 2.17. The van der Waals surface area contributed by atoms with E-state index in [4.69, 9.17) is 29.5 Å². The van der Waals surface area contributed by atoms with E-state index in [1.165, 1.54) is 11.5 Å². The quantitative estimate of drug-likeness (QED) is 0.345. The first-order chi connectivity index (χ1) is 10.1. The standard InChI is InChI=1S/C15H25.C4H9.3ClH.V/c1-11-8-9-12(14(2,3)4)13(10-11)15(5,6)7;1-4(2)3;;;;/h8-10,13H,1-7H3;1-3H3;3*1H;/q2*-1;;;;+3/p-3. The van der Waals surface area contributed by atoms with Gasteiger partial charge in [0.15, 0.2) is 0 Å². The van der Waals surface area contributed by atoms with Crippen LogP contribution in [-0.4, -0.2) is 0 Å². The zero-order chi connectivity index (χ0) is 19.0. The van der Waals surface area contributed by atoms with Gasteiger partial charge in [0.2, 0.25) is 0 Å². The Hall–Kier alpha value is 0.804. The summed E-state index contributed by atoms with van der Waals surface area (Å²) < 4.78 is 0. The molecule has 1 aliphatic rings. The molecule has 0 heterocycles. The second-order valence-electron chi connectivity index (χ2n) is 8.48. The topological polar surface area (TPSA) is 0 Å². The molecule has 0 saturated heterocycles. The molecule has 0 aromatic heterocycles. The maximum atomic E-state index is 4.95. The van der Waals surface area contributed by atoms with Gasteiger partial charge in [0.1, 0.15) is 0 Å². The van der Waals surface area contributed by atoms with E-state index >= 15 is 0 Å².